The van der Waals surface area contributed by atoms with Gasteiger partial charge in [-0.2, -0.15) is 13.2 Å². The lowest BCUT2D eigenvalue weighted by atomic mass is 10.1. The van der Waals surface area contributed by atoms with E-state index in [4.69, 9.17) is 9.73 Å². The molecule has 0 radical (unpaired) electrons. The minimum absolute atomic E-state index is 0. The third-order valence-electron chi connectivity index (χ3n) is 5.30. The predicted octanol–water partition coefficient (Wildman–Crippen LogP) is 3.58. The van der Waals surface area contributed by atoms with Gasteiger partial charge in [0.25, 0.3) is 0 Å². The monoisotopic (exact) mass is 526 g/mol. The molecule has 1 aromatic carbocycles. The van der Waals surface area contributed by atoms with Crippen LogP contribution in [0.5, 0.6) is 0 Å². The Balaban J connectivity index is 0.00000300. The Morgan fingerprint density at radius 2 is 2.03 bits per heavy atom. The zero-order valence-electron chi connectivity index (χ0n) is 16.9. The smallest absolute Gasteiger partial charge is 0.373 e. The van der Waals surface area contributed by atoms with Crippen LogP contribution in [0.15, 0.2) is 29.3 Å². The topological polar surface area (TPSA) is 40.1 Å². The van der Waals surface area contributed by atoms with Crippen LogP contribution in [-0.4, -0.2) is 67.7 Å². The van der Waals surface area contributed by atoms with Crippen molar-refractivity contribution in [3.05, 3.63) is 35.4 Å². The van der Waals surface area contributed by atoms with Gasteiger partial charge in [0.15, 0.2) is 5.96 Å². The van der Waals surface area contributed by atoms with Crippen molar-refractivity contribution in [1.82, 2.24) is 15.1 Å². The van der Waals surface area contributed by atoms with Crippen molar-refractivity contribution in [2.24, 2.45) is 4.99 Å². The van der Waals surface area contributed by atoms with Crippen LogP contribution >= 0.6 is 24.0 Å². The van der Waals surface area contributed by atoms with Crippen LogP contribution in [0, 0.1) is 0 Å². The van der Waals surface area contributed by atoms with Crippen LogP contribution < -0.4 is 5.32 Å². The molecule has 0 amide bonds. The van der Waals surface area contributed by atoms with Crippen LogP contribution in [0.2, 0.25) is 0 Å². The lowest BCUT2D eigenvalue weighted by molar-refractivity contribution is -0.137. The zero-order chi connectivity index (χ0) is 20.1. The lowest BCUT2D eigenvalue weighted by Gasteiger charge is -2.34. The quantitative estimate of drug-likeness (QED) is 0.362. The molecule has 0 aromatic heterocycles. The van der Waals surface area contributed by atoms with E-state index in [1.165, 1.54) is 25.0 Å². The van der Waals surface area contributed by atoms with Gasteiger partial charge in [-0.15, -0.1) is 24.0 Å². The molecule has 0 spiro atoms. The first-order valence-corrected chi connectivity index (χ1v) is 9.88. The molecule has 0 bridgehead atoms. The summed E-state index contributed by atoms with van der Waals surface area (Å²) in [5.74, 6) is 0.731. The standard InChI is InChI=1S/C20H29F3N4O.HI/c1-3-24-19(25-11-18-13-27-10-4-5-17(27)14-28-18)26(2)12-15-6-8-16(9-7-15)20(21,22)23;/h6-9,17-18H,3-5,10-14H2,1-2H3,(H,24,25);1H. The molecule has 2 fully saturated rings. The van der Waals surface area contributed by atoms with E-state index in [2.05, 4.69) is 10.2 Å². The second-order valence-electron chi connectivity index (χ2n) is 7.49. The number of morpholine rings is 1. The largest absolute Gasteiger partial charge is 0.416 e. The molecule has 0 saturated carbocycles. The number of alkyl halides is 3. The summed E-state index contributed by atoms with van der Waals surface area (Å²) in [6.07, 6.45) is -1.77. The highest BCUT2D eigenvalue weighted by Crippen LogP contribution is 2.29. The van der Waals surface area contributed by atoms with Crippen molar-refractivity contribution in [2.75, 3.05) is 39.8 Å². The molecule has 1 N–H and O–H groups in total. The number of rotatable bonds is 5. The normalized spacial score (nSPS) is 22.7. The number of benzene rings is 1. The van der Waals surface area contributed by atoms with E-state index in [0.29, 0.717) is 19.1 Å². The molecule has 164 valence electrons. The molecule has 2 aliphatic heterocycles. The summed E-state index contributed by atoms with van der Waals surface area (Å²) >= 11 is 0. The lowest BCUT2D eigenvalue weighted by Crippen LogP contribution is -2.47. The van der Waals surface area contributed by atoms with E-state index in [1.54, 1.807) is 0 Å². The van der Waals surface area contributed by atoms with Crippen LogP contribution in [0.3, 0.4) is 0 Å². The predicted molar refractivity (Wildman–Crippen MR) is 119 cm³/mol. The minimum atomic E-state index is -4.31. The number of guanidine groups is 1. The summed E-state index contributed by atoms with van der Waals surface area (Å²) in [6.45, 7) is 6.59. The number of nitrogens with one attached hydrogen (secondary N) is 1. The molecule has 2 atom stereocenters. The second-order valence-corrected chi connectivity index (χ2v) is 7.49. The number of halogens is 4. The molecule has 2 aliphatic rings. The summed E-state index contributed by atoms with van der Waals surface area (Å²) in [5.41, 5.74) is 0.170. The van der Waals surface area contributed by atoms with E-state index < -0.39 is 11.7 Å². The summed E-state index contributed by atoms with van der Waals surface area (Å²) in [4.78, 5) is 9.12. The fraction of sp³-hybridized carbons (Fsp3) is 0.650. The Morgan fingerprint density at radius 3 is 2.69 bits per heavy atom. The molecule has 1 aromatic rings. The molecule has 3 rings (SSSR count). The first-order chi connectivity index (χ1) is 13.4. The van der Waals surface area contributed by atoms with E-state index in [-0.39, 0.29) is 30.1 Å². The van der Waals surface area contributed by atoms with Crippen molar-refractivity contribution in [3.8, 4) is 0 Å². The van der Waals surface area contributed by atoms with Gasteiger partial charge in [-0.25, -0.2) is 0 Å². The Labute approximate surface area is 187 Å². The van der Waals surface area contributed by atoms with E-state index in [1.807, 2.05) is 18.9 Å². The molecular weight excluding hydrogens is 496 g/mol. The Bertz CT molecular complexity index is 669. The third-order valence-corrected chi connectivity index (χ3v) is 5.30. The molecule has 9 heteroatoms. The average Bonchev–Trinajstić information content (AvgIpc) is 3.12. The van der Waals surface area contributed by atoms with Crippen LogP contribution in [-0.2, 0) is 17.5 Å². The van der Waals surface area contributed by atoms with Gasteiger partial charge in [0.1, 0.15) is 0 Å². The van der Waals surface area contributed by atoms with Crippen molar-refractivity contribution in [1.29, 1.82) is 0 Å². The molecule has 2 unspecified atom stereocenters. The highest BCUT2D eigenvalue weighted by molar-refractivity contribution is 14.0. The number of aliphatic imine (C=N–C) groups is 1. The van der Waals surface area contributed by atoms with Gasteiger partial charge in [-0.1, -0.05) is 12.1 Å². The van der Waals surface area contributed by atoms with Gasteiger partial charge >= 0.3 is 6.18 Å². The van der Waals surface area contributed by atoms with Gasteiger partial charge in [-0.05, 0) is 44.0 Å². The van der Waals surface area contributed by atoms with Gasteiger partial charge in [0, 0.05) is 32.7 Å². The number of hydrogen-bond acceptors (Lipinski definition) is 3. The Kier molecular flexibility index (Phi) is 9.02. The summed E-state index contributed by atoms with van der Waals surface area (Å²) < 4.78 is 44.1. The molecule has 2 saturated heterocycles. The highest BCUT2D eigenvalue weighted by Gasteiger charge is 2.32. The minimum Gasteiger partial charge on any atom is -0.373 e. The van der Waals surface area contributed by atoms with Crippen LogP contribution in [0.4, 0.5) is 13.2 Å². The first kappa shape index (κ1) is 24.2. The van der Waals surface area contributed by atoms with Crippen LogP contribution in [0.25, 0.3) is 0 Å². The third kappa shape index (κ3) is 6.71. The SMILES string of the molecule is CCNC(=NCC1CN2CCCC2CO1)N(C)Cc1ccc(C(F)(F)F)cc1.I. The van der Waals surface area contributed by atoms with Gasteiger partial charge < -0.3 is 15.0 Å². The number of hydrogen-bond donors (Lipinski definition) is 1. The zero-order valence-corrected chi connectivity index (χ0v) is 19.2. The molecule has 0 aliphatic carbocycles. The maximum Gasteiger partial charge on any atom is 0.416 e. The Hall–Kier alpha value is -1.07. The van der Waals surface area contributed by atoms with Crippen molar-refractivity contribution >= 4 is 29.9 Å². The van der Waals surface area contributed by atoms with Gasteiger partial charge in [0.05, 0.1) is 24.8 Å². The second kappa shape index (κ2) is 10.8. The molecule has 29 heavy (non-hydrogen) atoms. The van der Waals surface area contributed by atoms with E-state index >= 15 is 0 Å². The summed E-state index contributed by atoms with van der Waals surface area (Å²) in [7, 11) is 1.89. The molecule has 2 heterocycles. The first-order valence-electron chi connectivity index (χ1n) is 9.88. The number of nitrogens with zero attached hydrogens (tertiary/aromatic N) is 3. The van der Waals surface area contributed by atoms with Crippen molar-refractivity contribution < 1.29 is 17.9 Å². The number of ether oxygens (including phenoxy) is 1. The molecular formula is C20H30F3IN4O. The summed E-state index contributed by atoms with van der Waals surface area (Å²) in [5, 5.41) is 3.25. The van der Waals surface area contributed by atoms with E-state index in [9.17, 15) is 13.2 Å². The van der Waals surface area contributed by atoms with Crippen molar-refractivity contribution in [2.45, 2.75) is 44.6 Å². The maximum absolute atomic E-state index is 12.7. The van der Waals surface area contributed by atoms with E-state index in [0.717, 1.165) is 49.9 Å². The maximum atomic E-state index is 12.7. The highest BCUT2D eigenvalue weighted by atomic mass is 127. The fourth-order valence-electron chi connectivity index (χ4n) is 3.80. The van der Waals surface area contributed by atoms with Gasteiger partial charge in [-0.3, -0.25) is 9.89 Å². The molecule has 5 nitrogen and oxygen atoms in total. The van der Waals surface area contributed by atoms with Gasteiger partial charge in [0.2, 0.25) is 0 Å². The number of fused-ring (bicyclic) bond motifs is 1. The average molecular weight is 526 g/mol. The fourth-order valence-corrected chi connectivity index (χ4v) is 3.80. The Morgan fingerprint density at radius 1 is 1.31 bits per heavy atom. The van der Waals surface area contributed by atoms with Crippen LogP contribution in [0.1, 0.15) is 30.9 Å². The summed E-state index contributed by atoms with van der Waals surface area (Å²) in [6, 6.07) is 5.84. The van der Waals surface area contributed by atoms with Crippen molar-refractivity contribution in [3.63, 3.8) is 0 Å².